The van der Waals surface area contributed by atoms with Gasteiger partial charge in [-0.25, -0.2) is 4.98 Å². The number of hydrogen-bond donors (Lipinski definition) is 1. The first-order chi connectivity index (χ1) is 8.92. The summed E-state index contributed by atoms with van der Waals surface area (Å²) in [4.78, 5) is 7.12. The first kappa shape index (κ1) is 12.4. The van der Waals surface area contributed by atoms with Crippen molar-refractivity contribution in [3.05, 3.63) is 5.82 Å². The lowest BCUT2D eigenvalue weighted by Crippen LogP contribution is -2.31. The molecule has 1 saturated carbocycles. The topological polar surface area (TPSA) is 41.0 Å². The third-order valence-corrected chi connectivity index (χ3v) is 4.45. The van der Waals surface area contributed by atoms with E-state index in [4.69, 9.17) is 0 Å². The van der Waals surface area contributed by atoms with E-state index in [9.17, 15) is 0 Å². The van der Waals surface area contributed by atoms with E-state index in [0.717, 1.165) is 17.5 Å². The SMILES string of the molecule is C1CCN(CCCNc2nc(C3CC3)ns2)CC1. The maximum absolute atomic E-state index is 4.54. The number of piperidine rings is 1. The quantitative estimate of drug-likeness (QED) is 0.804. The molecule has 0 radical (unpaired) electrons. The van der Waals surface area contributed by atoms with Gasteiger partial charge in [-0.2, -0.15) is 4.37 Å². The van der Waals surface area contributed by atoms with Gasteiger partial charge in [0.15, 0.2) is 0 Å². The molecule has 0 bridgehead atoms. The van der Waals surface area contributed by atoms with Gasteiger partial charge in [0, 0.05) is 24.0 Å². The van der Waals surface area contributed by atoms with Gasteiger partial charge in [-0.15, -0.1) is 0 Å². The van der Waals surface area contributed by atoms with Gasteiger partial charge in [0.1, 0.15) is 5.82 Å². The predicted molar refractivity (Wildman–Crippen MR) is 75.3 cm³/mol. The highest BCUT2D eigenvalue weighted by molar-refractivity contribution is 7.09. The Morgan fingerprint density at radius 1 is 1.22 bits per heavy atom. The molecule has 0 aromatic carbocycles. The molecular weight excluding hydrogens is 244 g/mol. The maximum Gasteiger partial charge on any atom is 0.202 e. The standard InChI is InChI=1S/C13H22N4S/c1-2-8-17(9-3-1)10-4-7-14-13-15-12(16-18-13)11-5-6-11/h11H,1-10H2,(H,14,15,16). The number of rotatable bonds is 6. The average molecular weight is 266 g/mol. The zero-order valence-corrected chi connectivity index (χ0v) is 11.7. The molecule has 100 valence electrons. The molecule has 1 aliphatic carbocycles. The second-order valence-electron chi connectivity index (χ2n) is 5.41. The largest absolute Gasteiger partial charge is 0.360 e. The number of nitrogens with one attached hydrogen (secondary N) is 1. The Kier molecular flexibility index (Phi) is 4.10. The number of aromatic nitrogens is 2. The van der Waals surface area contributed by atoms with E-state index in [-0.39, 0.29) is 0 Å². The highest BCUT2D eigenvalue weighted by Gasteiger charge is 2.27. The predicted octanol–water partition coefficient (Wildman–Crippen LogP) is 2.70. The molecule has 1 aliphatic heterocycles. The third kappa shape index (κ3) is 3.42. The molecule has 0 spiro atoms. The Hall–Kier alpha value is -0.680. The molecule has 1 N–H and O–H groups in total. The van der Waals surface area contributed by atoms with Crippen LogP contribution in [0.15, 0.2) is 0 Å². The smallest absolute Gasteiger partial charge is 0.202 e. The molecule has 0 amide bonds. The number of likely N-dealkylation sites (tertiary alicyclic amines) is 1. The third-order valence-electron chi connectivity index (χ3n) is 3.76. The van der Waals surface area contributed by atoms with Crippen molar-refractivity contribution in [1.29, 1.82) is 0 Å². The van der Waals surface area contributed by atoms with Crippen molar-refractivity contribution in [3.8, 4) is 0 Å². The summed E-state index contributed by atoms with van der Waals surface area (Å²) >= 11 is 1.52. The van der Waals surface area contributed by atoms with Gasteiger partial charge in [-0.1, -0.05) is 6.42 Å². The van der Waals surface area contributed by atoms with E-state index in [1.54, 1.807) is 0 Å². The molecule has 0 atom stereocenters. The van der Waals surface area contributed by atoms with Gasteiger partial charge in [-0.3, -0.25) is 0 Å². The first-order valence-corrected chi connectivity index (χ1v) is 7.99. The lowest BCUT2D eigenvalue weighted by Gasteiger charge is -2.26. The maximum atomic E-state index is 4.54. The fraction of sp³-hybridized carbons (Fsp3) is 0.846. The van der Waals surface area contributed by atoms with Gasteiger partial charge < -0.3 is 10.2 Å². The first-order valence-electron chi connectivity index (χ1n) is 7.21. The summed E-state index contributed by atoms with van der Waals surface area (Å²) in [5.74, 6) is 1.74. The summed E-state index contributed by atoms with van der Waals surface area (Å²) in [6, 6.07) is 0. The van der Waals surface area contributed by atoms with Gasteiger partial charge >= 0.3 is 0 Å². The van der Waals surface area contributed by atoms with E-state index in [1.807, 2.05) is 0 Å². The Morgan fingerprint density at radius 3 is 2.83 bits per heavy atom. The minimum atomic E-state index is 0.671. The van der Waals surface area contributed by atoms with Crippen LogP contribution in [0, 0.1) is 0 Å². The van der Waals surface area contributed by atoms with Crippen LogP contribution in [-0.4, -0.2) is 40.4 Å². The lowest BCUT2D eigenvalue weighted by molar-refractivity contribution is 0.228. The van der Waals surface area contributed by atoms with E-state index in [2.05, 4.69) is 19.6 Å². The Labute approximate surface area is 113 Å². The summed E-state index contributed by atoms with van der Waals surface area (Å²) in [7, 11) is 0. The molecule has 3 rings (SSSR count). The van der Waals surface area contributed by atoms with Crippen LogP contribution in [0.2, 0.25) is 0 Å². The molecule has 1 saturated heterocycles. The van der Waals surface area contributed by atoms with Crippen LogP contribution < -0.4 is 5.32 Å². The molecule has 5 heteroatoms. The van der Waals surface area contributed by atoms with E-state index >= 15 is 0 Å². The molecule has 1 aromatic rings. The summed E-state index contributed by atoms with van der Waals surface area (Å²) in [5.41, 5.74) is 0. The Balaban J connectivity index is 1.33. The fourth-order valence-electron chi connectivity index (χ4n) is 2.50. The molecule has 0 unspecified atom stereocenters. The van der Waals surface area contributed by atoms with Crippen LogP contribution in [0.4, 0.5) is 5.13 Å². The Bertz CT molecular complexity index is 369. The van der Waals surface area contributed by atoms with E-state index < -0.39 is 0 Å². The summed E-state index contributed by atoms with van der Waals surface area (Å²) < 4.78 is 4.40. The molecule has 4 nitrogen and oxygen atoms in total. The normalized spacial score (nSPS) is 21.1. The summed E-state index contributed by atoms with van der Waals surface area (Å²) in [6.45, 7) is 4.84. The van der Waals surface area contributed by atoms with Crippen LogP contribution in [0.3, 0.4) is 0 Å². The lowest BCUT2D eigenvalue weighted by atomic mass is 10.1. The van der Waals surface area contributed by atoms with E-state index in [0.29, 0.717) is 5.92 Å². The molecule has 2 heterocycles. The van der Waals surface area contributed by atoms with Crippen molar-refractivity contribution < 1.29 is 0 Å². The minimum Gasteiger partial charge on any atom is -0.360 e. The van der Waals surface area contributed by atoms with Crippen molar-refractivity contribution >= 4 is 16.7 Å². The van der Waals surface area contributed by atoms with Crippen LogP contribution in [0.5, 0.6) is 0 Å². The zero-order chi connectivity index (χ0) is 12.2. The molecule has 1 aromatic heterocycles. The number of anilines is 1. The average Bonchev–Trinajstić information content (AvgIpc) is 3.16. The minimum absolute atomic E-state index is 0.671. The van der Waals surface area contributed by atoms with Crippen molar-refractivity contribution in [2.45, 2.75) is 44.4 Å². The van der Waals surface area contributed by atoms with Gasteiger partial charge in [0.05, 0.1) is 0 Å². The highest BCUT2D eigenvalue weighted by Crippen LogP contribution is 2.39. The summed E-state index contributed by atoms with van der Waals surface area (Å²) in [6.07, 6.45) is 7.96. The van der Waals surface area contributed by atoms with Gasteiger partial charge in [0.2, 0.25) is 5.13 Å². The summed E-state index contributed by atoms with van der Waals surface area (Å²) in [5, 5.41) is 4.42. The molecular formula is C13H22N4S. The van der Waals surface area contributed by atoms with Crippen molar-refractivity contribution in [1.82, 2.24) is 14.3 Å². The van der Waals surface area contributed by atoms with Crippen LogP contribution in [0.1, 0.15) is 50.3 Å². The number of hydrogen-bond acceptors (Lipinski definition) is 5. The van der Waals surface area contributed by atoms with Crippen molar-refractivity contribution in [2.24, 2.45) is 0 Å². The number of nitrogens with zero attached hydrogens (tertiary/aromatic N) is 3. The second kappa shape index (κ2) is 5.97. The van der Waals surface area contributed by atoms with Crippen LogP contribution in [0.25, 0.3) is 0 Å². The molecule has 18 heavy (non-hydrogen) atoms. The van der Waals surface area contributed by atoms with E-state index in [1.165, 1.54) is 69.7 Å². The zero-order valence-electron chi connectivity index (χ0n) is 10.9. The highest BCUT2D eigenvalue weighted by atomic mass is 32.1. The molecule has 2 fully saturated rings. The van der Waals surface area contributed by atoms with Gasteiger partial charge in [0.25, 0.3) is 0 Å². The monoisotopic (exact) mass is 266 g/mol. The van der Waals surface area contributed by atoms with Crippen molar-refractivity contribution in [3.63, 3.8) is 0 Å². The van der Waals surface area contributed by atoms with Crippen LogP contribution in [-0.2, 0) is 0 Å². The fourth-order valence-corrected chi connectivity index (χ4v) is 3.17. The Morgan fingerprint density at radius 2 is 2.06 bits per heavy atom. The van der Waals surface area contributed by atoms with Gasteiger partial charge in [-0.05, 0) is 51.7 Å². The molecule has 2 aliphatic rings. The second-order valence-corrected chi connectivity index (χ2v) is 6.17. The van der Waals surface area contributed by atoms with Crippen LogP contribution >= 0.6 is 11.5 Å². The van der Waals surface area contributed by atoms with Crippen molar-refractivity contribution in [2.75, 3.05) is 31.5 Å².